The summed E-state index contributed by atoms with van der Waals surface area (Å²) in [5.41, 5.74) is 1.96. The van der Waals surface area contributed by atoms with Gasteiger partial charge >= 0.3 is 0 Å². The van der Waals surface area contributed by atoms with Gasteiger partial charge in [-0.25, -0.2) is 0 Å². The number of thioether (sulfide) groups is 1. The second-order valence-electron chi connectivity index (χ2n) is 5.79. The largest absolute Gasteiger partial charge is 0.496 e. The molecule has 2 aromatic carbocycles. The molecule has 0 aliphatic carbocycles. The highest BCUT2D eigenvalue weighted by Crippen LogP contribution is 2.23. The average molecular weight is 382 g/mol. The number of carbonyl (C=O) groups is 1. The molecule has 0 aliphatic heterocycles. The molecule has 3 aromatic rings. The summed E-state index contributed by atoms with van der Waals surface area (Å²) in [7, 11) is 1.62. The number of carbonyl (C=O) groups excluding carboxylic acids is 1. The topological polar surface area (TPSA) is 69.0 Å². The van der Waals surface area contributed by atoms with Crippen LogP contribution in [0, 0.1) is 0 Å². The molecule has 0 atom stereocenters. The molecule has 0 aliphatic rings. The summed E-state index contributed by atoms with van der Waals surface area (Å²) >= 11 is 1.39. The van der Waals surface area contributed by atoms with Gasteiger partial charge in [-0.05, 0) is 13.0 Å². The smallest absolute Gasteiger partial charge is 0.230 e. The Hall–Kier alpha value is -2.80. The summed E-state index contributed by atoms with van der Waals surface area (Å²) < 4.78 is 7.33. The summed E-state index contributed by atoms with van der Waals surface area (Å²) in [5.74, 6) is 1.80. The maximum Gasteiger partial charge on any atom is 0.230 e. The molecule has 1 amide bonds. The molecule has 1 aromatic heterocycles. The molecule has 140 valence electrons. The number of hydrogen-bond donors (Lipinski definition) is 1. The van der Waals surface area contributed by atoms with E-state index in [2.05, 4.69) is 15.5 Å². The Morgan fingerprint density at radius 1 is 1.11 bits per heavy atom. The number of nitrogens with zero attached hydrogens (tertiary/aromatic N) is 3. The van der Waals surface area contributed by atoms with Crippen LogP contribution in [-0.2, 0) is 17.9 Å². The fourth-order valence-electron chi connectivity index (χ4n) is 2.71. The van der Waals surface area contributed by atoms with Crippen LogP contribution in [0.25, 0.3) is 11.4 Å². The molecule has 3 rings (SSSR count). The van der Waals surface area contributed by atoms with Crippen molar-refractivity contribution in [3.63, 3.8) is 0 Å². The van der Waals surface area contributed by atoms with Crippen LogP contribution >= 0.6 is 11.8 Å². The Balaban J connectivity index is 1.60. The van der Waals surface area contributed by atoms with Gasteiger partial charge in [-0.2, -0.15) is 0 Å². The number of para-hydroxylation sites is 1. The lowest BCUT2D eigenvalue weighted by molar-refractivity contribution is -0.118. The average Bonchev–Trinajstić information content (AvgIpc) is 3.14. The van der Waals surface area contributed by atoms with E-state index in [1.165, 1.54) is 11.8 Å². The van der Waals surface area contributed by atoms with Crippen LogP contribution in [0.15, 0.2) is 59.8 Å². The third-order valence-electron chi connectivity index (χ3n) is 4.07. The Morgan fingerprint density at radius 3 is 2.59 bits per heavy atom. The monoisotopic (exact) mass is 382 g/mol. The lowest BCUT2D eigenvalue weighted by Crippen LogP contribution is -2.25. The van der Waals surface area contributed by atoms with Gasteiger partial charge in [0.1, 0.15) is 5.75 Å². The van der Waals surface area contributed by atoms with Crippen LogP contribution < -0.4 is 10.1 Å². The van der Waals surface area contributed by atoms with Crippen LogP contribution in [0.4, 0.5) is 0 Å². The van der Waals surface area contributed by atoms with Gasteiger partial charge in [0.25, 0.3) is 0 Å². The van der Waals surface area contributed by atoms with Gasteiger partial charge in [0.2, 0.25) is 5.91 Å². The number of rotatable bonds is 8. The van der Waals surface area contributed by atoms with Crippen molar-refractivity contribution in [2.24, 2.45) is 0 Å². The SMILES string of the molecule is CCn1c(SCC(=O)NCc2ccccc2OC)nnc1-c1ccccc1. The van der Waals surface area contributed by atoms with E-state index in [0.717, 1.165) is 34.4 Å². The molecular weight excluding hydrogens is 360 g/mol. The van der Waals surface area contributed by atoms with E-state index in [-0.39, 0.29) is 11.7 Å². The molecule has 0 radical (unpaired) electrons. The maximum atomic E-state index is 12.2. The number of benzene rings is 2. The van der Waals surface area contributed by atoms with Gasteiger partial charge in [-0.3, -0.25) is 4.79 Å². The fourth-order valence-corrected chi connectivity index (χ4v) is 3.54. The van der Waals surface area contributed by atoms with Gasteiger partial charge < -0.3 is 14.6 Å². The number of amides is 1. The normalized spacial score (nSPS) is 10.6. The standard InChI is InChI=1S/C20H22N4O2S/c1-3-24-19(15-9-5-4-6-10-15)22-23-20(24)27-14-18(25)21-13-16-11-7-8-12-17(16)26-2/h4-12H,3,13-14H2,1-2H3,(H,21,25). The predicted octanol–water partition coefficient (Wildman–Crippen LogP) is 3.38. The molecular formula is C20H22N4O2S. The first-order valence-electron chi connectivity index (χ1n) is 8.73. The van der Waals surface area contributed by atoms with Crippen molar-refractivity contribution in [1.29, 1.82) is 0 Å². The Kier molecular flexibility index (Phi) is 6.49. The first kappa shape index (κ1) is 19.0. The van der Waals surface area contributed by atoms with Gasteiger partial charge in [-0.15, -0.1) is 10.2 Å². The molecule has 0 spiro atoms. The molecule has 0 saturated heterocycles. The van der Waals surface area contributed by atoms with Crippen LogP contribution in [0.1, 0.15) is 12.5 Å². The number of methoxy groups -OCH3 is 1. The molecule has 1 N–H and O–H groups in total. The van der Waals surface area contributed by atoms with Gasteiger partial charge in [0.05, 0.1) is 12.9 Å². The number of aromatic nitrogens is 3. The van der Waals surface area contributed by atoms with Crippen molar-refractivity contribution in [2.45, 2.75) is 25.2 Å². The molecule has 0 unspecified atom stereocenters. The molecule has 6 nitrogen and oxygen atoms in total. The minimum Gasteiger partial charge on any atom is -0.496 e. The molecule has 0 bridgehead atoms. The number of hydrogen-bond acceptors (Lipinski definition) is 5. The van der Waals surface area contributed by atoms with E-state index in [1.807, 2.05) is 66.1 Å². The fraction of sp³-hybridized carbons (Fsp3) is 0.250. The minimum absolute atomic E-state index is 0.0576. The Labute approximate surface area is 163 Å². The molecule has 7 heteroatoms. The first-order chi connectivity index (χ1) is 13.2. The summed E-state index contributed by atoms with van der Waals surface area (Å²) in [5, 5.41) is 12.2. The molecule has 0 fully saturated rings. The van der Waals surface area contributed by atoms with Gasteiger partial charge in [0, 0.05) is 24.2 Å². The van der Waals surface area contributed by atoms with Crippen LogP contribution in [0.2, 0.25) is 0 Å². The van der Waals surface area contributed by atoms with Crippen LogP contribution in [0.3, 0.4) is 0 Å². The maximum absolute atomic E-state index is 12.2. The highest BCUT2D eigenvalue weighted by atomic mass is 32.2. The second-order valence-corrected chi connectivity index (χ2v) is 6.74. The second kappa shape index (κ2) is 9.23. The first-order valence-corrected chi connectivity index (χ1v) is 9.71. The summed E-state index contributed by atoms with van der Waals surface area (Å²) in [6, 6.07) is 17.6. The van der Waals surface area contributed by atoms with Crippen molar-refractivity contribution in [1.82, 2.24) is 20.1 Å². The third kappa shape index (κ3) is 4.68. The van der Waals surface area contributed by atoms with Crippen molar-refractivity contribution < 1.29 is 9.53 Å². The zero-order valence-electron chi connectivity index (χ0n) is 15.4. The van der Waals surface area contributed by atoms with Crippen LogP contribution in [0.5, 0.6) is 5.75 Å². The lowest BCUT2D eigenvalue weighted by atomic mass is 10.2. The summed E-state index contributed by atoms with van der Waals surface area (Å²) in [4.78, 5) is 12.2. The highest BCUT2D eigenvalue weighted by molar-refractivity contribution is 7.99. The Bertz CT molecular complexity index is 896. The van der Waals surface area contributed by atoms with Crippen molar-refractivity contribution in [2.75, 3.05) is 12.9 Å². The minimum atomic E-state index is -0.0576. The van der Waals surface area contributed by atoms with E-state index >= 15 is 0 Å². The quantitative estimate of drug-likeness (QED) is 0.605. The lowest BCUT2D eigenvalue weighted by Gasteiger charge is -2.10. The van der Waals surface area contributed by atoms with E-state index < -0.39 is 0 Å². The zero-order valence-corrected chi connectivity index (χ0v) is 16.2. The Morgan fingerprint density at radius 2 is 1.85 bits per heavy atom. The predicted molar refractivity (Wildman–Crippen MR) is 107 cm³/mol. The van der Waals surface area contributed by atoms with Gasteiger partial charge in [-0.1, -0.05) is 60.3 Å². The number of nitrogens with one attached hydrogen (secondary N) is 1. The van der Waals surface area contributed by atoms with Crippen molar-refractivity contribution in [3.8, 4) is 17.1 Å². The van der Waals surface area contributed by atoms with Crippen molar-refractivity contribution in [3.05, 3.63) is 60.2 Å². The zero-order chi connectivity index (χ0) is 19.1. The van der Waals surface area contributed by atoms with Crippen molar-refractivity contribution >= 4 is 17.7 Å². The molecule has 0 saturated carbocycles. The third-order valence-corrected chi connectivity index (χ3v) is 5.03. The molecule has 27 heavy (non-hydrogen) atoms. The van der Waals surface area contributed by atoms with E-state index in [1.54, 1.807) is 7.11 Å². The number of ether oxygens (including phenoxy) is 1. The van der Waals surface area contributed by atoms with Crippen LogP contribution in [-0.4, -0.2) is 33.5 Å². The highest BCUT2D eigenvalue weighted by Gasteiger charge is 2.14. The van der Waals surface area contributed by atoms with E-state index in [4.69, 9.17) is 4.74 Å². The van der Waals surface area contributed by atoms with Gasteiger partial charge in [0.15, 0.2) is 11.0 Å². The molecule has 1 heterocycles. The van der Waals surface area contributed by atoms with E-state index in [9.17, 15) is 4.79 Å². The van der Waals surface area contributed by atoms with E-state index in [0.29, 0.717) is 6.54 Å². The summed E-state index contributed by atoms with van der Waals surface area (Å²) in [6.45, 7) is 3.21. The summed E-state index contributed by atoms with van der Waals surface area (Å²) in [6.07, 6.45) is 0.